The van der Waals surface area contributed by atoms with E-state index in [1.807, 2.05) is 30.0 Å². The first kappa shape index (κ1) is 27.4. The van der Waals surface area contributed by atoms with Crippen LogP contribution < -0.4 is 14.8 Å². The summed E-state index contributed by atoms with van der Waals surface area (Å²) in [5.74, 6) is 0.843. The minimum Gasteiger partial charge on any atom is -0.493 e. The Morgan fingerprint density at radius 2 is 1.92 bits per heavy atom. The number of hydrogen-bond acceptors (Lipinski definition) is 7. The van der Waals surface area contributed by atoms with Crippen molar-refractivity contribution in [3.8, 4) is 11.5 Å². The third kappa shape index (κ3) is 5.76. The molecule has 0 radical (unpaired) electrons. The van der Waals surface area contributed by atoms with Gasteiger partial charge in [0.25, 0.3) is 0 Å². The summed E-state index contributed by atoms with van der Waals surface area (Å²) in [6.45, 7) is 0.723. The van der Waals surface area contributed by atoms with Crippen molar-refractivity contribution in [2.75, 3.05) is 33.1 Å². The largest absolute Gasteiger partial charge is 0.493 e. The fraction of sp³-hybridized carbons (Fsp3) is 0.393. The number of aromatic nitrogens is 2. The molecule has 2 aliphatic rings. The molecule has 2 aliphatic heterocycles. The summed E-state index contributed by atoms with van der Waals surface area (Å²) in [4.78, 5) is 25.6. The van der Waals surface area contributed by atoms with Crippen molar-refractivity contribution in [2.45, 2.75) is 43.9 Å². The van der Waals surface area contributed by atoms with Gasteiger partial charge in [-0.1, -0.05) is 29.3 Å². The van der Waals surface area contributed by atoms with E-state index < -0.39 is 5.82 Å². The predicted octanol–water partition coefficient (Wildman–Crippen LogP) is 5.85. The first-order chi connectivity index (χ1) is 18.7. The Kier molecular flexibility index (Phi) is 8.11. The Hall–Kier alpha value is -3.14. The van der Waals surface area contributed by atoms with Crippen LogP contribution in [-0.4, -0.2) is 71.6 Å². The van der Waals surface area contributed by atoms with Crippen LogP contribution in [0.3, 0.4) is 0 Å². The number of piperidine rings is 1. The molecule has 1 aromatic heterocycles. The third-order valence-electron chi connectivity index (χ3n) is 7.18. The summed E-state index contributed by atoms with van der Waals surface area (Å²) in [5.41, 5.74) is 0.734. The molecule has 0 aliphatic carbocycles. The predicted molar refractivity (Wildman–Crippen MR) is 151 cm³/mol. The molecule has 1 N–H and O–H groups in total. The zero-order chi connectivity index (χ0) is 27.7. The molecule has 5 rings (SSSR count). The van der Waals surface area contributed by atoms with Crippen molar-refractivity contribution in [2.24, 2.45) is 0 Å². The van der Waals surface area contributed by atoms with E-state index in [0.717, 1.165) is 32.2 Å². The van der Waals surface area contributed by atoms with Crippen LogP contribution in [0.5, 0.6) is 11.5 Å². The molecule has 3 aromatic rings. The van der Waals surface area contributed by atoms with Crippen LogP contribution in [0.4, 0.5) is 15.9 Å². The first-order valence-corrected chi connectivity index (χ1v) is 13.5. The minimum atomic E-state index is -0.672. The summed E-state index contributed by atoms with van der Waals surface area (Å²) in [5, 5.41) is 3.58. The number of carbonyl (C=O) groups excluding carboxylic acids is 1. The lowest BCUT2D eigenvalue weighted by molar-refractivity contribution is -0.131. The Labute approximate surface area is 236 Å². The van der Waals surface area contributed by atoms with Gasteiger partial charge in [-0.15, -0.1) is 0 Å². The van der Waals surface area contributed by atoms with Gasteiger partial charge in [0.1, 0.15) is 18.2 Å². The number of halogens is 3. The summed E-state index contributed by atoms with van der Waals surface area (Å²) in [6, 6.07) is 6.85. The van der Waals surface area contributed by atoms with Gasteiger partial charge in [0, 0.05) is 49.0 Å². The van der Waals surface area contributed by atoms with Gasteiger partial charge < -0.3 is 24.6 Å². The maximum absolute atomic E-state index is 14.7. The van der Waals surface area contributed by atoms with E-state index in [1.165, 1.54) is 18.5 Å². The van der Waals surface area contributed by atoms with Crippen LogP contribution in [0.15, 0.2) is 42.7 Å². The van der Waals surface area contributed by atoms with E-state index in [-0.39, 0.29) is 39.8 Å². The van der Waals surface area contributed by atoms with Crippen LogP contribution in [0.1, 0.15) is 25.7 Å². The molecule has 0 spiro atoms. The fourth-order valence-corrected chi connectivity index (χ4v) is 5.69. The number of fused-ring (bicyclic) bond motifs is 3. The molecule has 3 heterocycles. The normalized spacial score (nSPS) is 20.7. The first-order valence-electron chi connectivity index (χ1n) is 12.8. The Morgan fingerprint density at radius 3 is 2.62 bits per heavy atom. The van der Waals surface area contributed by atoms with Crippen molar-refractivity contribution in [3.05, 3.63) is 58.6 Å². The van der Waals surface area contributed by atoms with Crippen molar-refractivity contribution in [1.29, 1.82) is 0 Å². The topological polar surface area (TPSA) is 79.8 Å². The molecule has 206 valence electrons. The minimum absolute atomic E-state index is 0.0634. The van der Waals surface area contributed by atoms with Crippen molar-refractivity contribution in [1.82, 2.24) is 19.8 Å². The molecule has 0 saturated carbocycles. The van der Waals surface area contributed by atoms with Gasteiger partial charge in [-0.05, 0) is 45.1 Å². The van der Waals surface area contributed by atoms with Gasteiger partial charge in [0.05, 0.1) is 28.4 Å². The highest BCUT2D eigenvalue weighted by atomic mass is 35.5. The molecule has 1 unspecified atom stereocenters. The smallest absolute Gasteiger partial charge is 0.246 e. The lowest BCUT2D eigenvalue weighted by Gasteiger charge is -2.38. The highest BCUT2D eigenvalue weighted by Crippen LogP contribution is 2.41. The summed E-state index contributed by atoms with van der Waals surface area (Å²) < 4.78 is 26.8. The van der Waals surface area contributed by atoms with Gasteiger partial charge in [0.2, 0.25) is 5.91 Å². The summed E-state index contributed by atoms with van der Waals surface area (Å²) in [7, 11) is 5.52. The monoisotopic (exact) mass is 573 g/mol. The number of methoxy groups -OCH3 is 1. The van der Waals surface area contributed by atoms with Crippen LogP contribution >= 0.6 is 23.2 Å². The number of hydrogen-bond donors (Lipinski definition) is 1. The Balaban J connectivity index is 1.37. The average Bonchev–Trinajstić information content (AvgIpc) is 3.18. The van der Waals surface area contributed by atoms with Crippen LogP contribution in [0.2, 0.25) is 10.0 Å². The number of likely N-dealkylation sites (N-methyl/N-ethyl adjacent to an activating group) is 1. The summed E-state index contributed by atoms with van der Waals surface area (Å²) >= 11 is 11.9. The van der Waals surface area contributed by atoms with E-state index in [4.69, 9.17) is 32.7 Å². The van der Waals surface area contributed by atoms with E-state index in [2.05, 4.69) is 15.3 Å². The lowest BCUT2D eigenvalue weighted by atomic mass is 9.99. The molecular formula is C28H30Cl2FN5O3. The maximum atomic E-state index is 14.7. The van der Waals surface area contributed by atoms with Crippen LogP contribution in [-0.2, 0) is 4.79 Å². The zero-order valence-corrected chi connectivity index (χ0v) is 23.5. The molecule has 39 heavy (non-hydrogen) atoms. The van der Waals surface area contributed by atoms with E-state index in [0.29, 0.717) is 28.2 Å². The van der Waals surface area contributed by atoms with Crippen molar-refractivity contribution in [3.63, 3.8) is 0 Å². The van der Waals surface area contributed by atoms with Gasteiger partial charge in [-0.25, -0.2) is 14.4 Å². The zero-order valence-electron chi connectivity index (χ0n) is 22.0. The number of nitrogens with one attached hydrogen (secondary N) is 1. The van der Waals surface area contributed by atoms with E-state index in [1.54, 1.807) is 25.3 Å². The van der Waals surface area contributed by atoms with Gasteiger partial charge >= 0.3 is 0 Å². The van der Waals surface area contributed by atoms with Gasteiger partial charge in [0.15, 0.2) is 17.3 Å². The number of rotatable bonds is 8. The van der Waals surface area contributed by atoms with Crippen LogP contribution in [0.25, 0.3) is 10.9 Å². The van der Waals surface area contributed by atoms with Crippen molar-refractivity contribution < 1.29 is 18.7 Å². The maximum Gasteiger partial charge on any atom is 0.246 e. The SMILES string of the molecule is COc1cc2ncnc(Nc3ccc(Cl)c(Cl)c3F)c2cc1OC1C[C@H]2CC[C@@H](C1)N2C(=O)/C=C/CN(C)C. The molecule has 2 bridgehead atoms. The van der Waals surface area contributed by atoms with Gasteiger partial charge in [-0.2, -0.15) is 0 Å². The highest BCUT2D eigenvalue weighted by Gasteiger charge is 2.43. The molecule has 8 nitrogen and oxygen atoms in total. The average molecular weight is 574 g/mol. The summed E-state index contributed by atoms with van der Waals surface area (Å²) in [6.07, 6.45) is 8.28. The van der Waals surface area contributed by atoms with E-state index in [9.17, 15) is 9.18 Å². The fourth-order valence-electron chi connectivity index (χ4n) is 5.38. The second-order valence-electron chi connectivity index (χ2n) is 10.1. The number of nitrogens with zero attached hydrogens (tertiary/aromatic N) is 4. The van der Waals surface area contributed by atoms with Crippen LogP contribution in [0, 0.1) is 5.82 Å². The highest BCUT2D eigenvalue weighted by molar-refractivity contribution is 6.42. The molecule has 1 amide bonds. The Bertz CT molecular complexity index is 1410. The quantitative estimate of drug-likeness (QED) is 0.267. The second kappa shape index (κ2) is 11.5. The number of ether oxygens (including phenoxy) is 2. The second-order valence-corrected chi connectivity index (χ2v) is 10.9. The Morgan fingerprint density at radius 1 is 1.18 bits per heavy atom. The number of amides is 1. The standard InChI is InChI=1S/C28H30Cl2FN5O3/c1-35(2)10-4-5-25(37)36-16-6-7-17(36)12-18(11-16)39-24-13-19-22(14-23(24)38-3)32-15-33-28(19)34-21-9-8-20(29)26(30)27(21)31/h4-5,8-9,13-18H,6-7,10-12H2,1-3H3,(H,32,33,34)/b5-4+/t16-,17+,18?. The van der Waals surface area contributed by atoms with Crippen molar-refractivity contribution >= 4 is 51.5 Å². The molecule has 11 heteroatoms. The number of benzene rings is 2. The molecule has 2 fully saturated rings. The molecule has 2 aromatic carbocycles. The molecular weight excluding hydrogens is 544 g/mol. The lowest BCUT2D eigenvalue weighted by Crippen LogP contribution is -2.48. The van der Waals surface area contributed by atoms with E-state index >= 15 is 0 Å². The molecule has 3 atom stereocenters. The number of carbonyl (C=O) groups is 1. The van der Waals surface area contributed by atoms with Gasteiger partial charge in [-0.3, -0.25) is 4.79 Å². The molecule has 2 saturated heterocycles. The number of anilines is 2. The third-order valence-corrected chi connectivity index (χ3v) is 7.96.